The molecule has 0 aliphatic heterocycles. The molecule has 0 nitrogen and oxygen atoms in total. The van der Waals surface area contributed by atoms with Gasteiger partial charge in [-0.05, 0) is 10.8 Å². The smallest absolute Gasteiger partial charge is 0.0960 e. The molecule has 0 aliphatic carbocycles. The molecule has 2 aromatic rings. The highest BCUT2D eigenvalue weighted by Gasteiger charge is 1.92. The Labute approximate surface area is 74.4 Å². The predicted molar refractivity (Wildman–Crippen MR) is 54.7 cm³/mol. The summed E-state index contributed by atoms with van der Waals surface area (Å²) in [5, 5.41) is 2.26. The normalized spacial score (nSPS) is 10.3. The van der Waals surface area contributed by atoms with E-state index in [9.17, 15) is 0 Å². The topological polar surface area (TPSA) is 0 Å². The zero-order valence-corrected chi connectivity index (χ0v) is 6.62. The van der Waals surface area contributed by atoms with E-state index >= 15 is 0 Å². The third-order valence-electron chi connectivity index (χ3n) is 1.89. The van der Waals surface area contributed by atoms with Crippen LogP contribution >= 0.6 is 0 Å². The minimum atomic E-state index is 0.785. The van der Waals surface area contributed by atoms with Crippen molar-refractivity contribution in [3.63, 3.8) is 0 Å². The zero-order valence-electron chi connectivity index (χ0n) is 6.62. The standard InChI is InChI=1S/C10H6B2/c11-9-3-1-7-5-10(12)4-2-8(7)6-9/h1-6H. The summed E-state index contributed by atoms with van der Waals surface area (Å²) in [5.74, 6) is 0. The van der Waals surface area contributed by atoms with Crippen molar-refractivity contribution in [2.45, 2.75) is 0 Å². The van der Waals surface area contributed by atoms with Gasteiger partial charge in [-0.2, -0.15) is 0 Å². The van der Waals surface area contributed by atoms with Crippen LogP contribution in [0.2, 0.25) is 0 Å². The molecule has 12 heavy (non-hydrogen) atoms. The van der Waals surface area contributed by atoms with E-state index in [2.05, 4.69) is 0 Å². The van der Waals surface area contributed by atoms with Gasteiger partial charge in [0.2, 0.25) is 0 Å². The van der Waals surface area contributed by atoms with E-state index in [4.69, 9.17) is 15.7 Å². The molecule has 0 heterocycles. The van der Waals surface area contributed by atoms with Crippen molar-refractivity contribution in [1.29, 1.82) is 0 Å². The molecule has 2 heteroatoms. The minimum absolute atomic E-state index is 0.785. The van der Waals surface area contributed by atoms with E-state index in [-0.39, 0.29) is 0 Å². The first-order valence-electron chi connectivity index (χ1n) is 3.80. The van der Waals surface area contributed by atoms with Crippen molar-refractivity contribution in [3.8, 4) is 0 Å². The van der Waals surface area contributed by atoms with Crippen molar-refractivity contribution in [2.24, 2.45) is 0 Å². The fourth-order valence-electron chi connectivity index (χ4n) is 1.28. The summed E-state index contributed by atoms with van der Waals surface area (Å²) in [6.45, 7) is 0. The number of fused-ring (bicyclic) bond motifs is 1. The molecule has 0 spiro atoms. The van der Waals surface area contributed by atoms with Crippen molar-refractivity contribution in [1.82, 2.24) is 0 Å². The average molecular weight is 148 g/mol. The molecule has 0 saturated carbocycles. The highest BCUT2D eigenvalue weighted by atomic mass is 13.9. The molecule has 0 aliphatic rings. The fraction of sp³-hybridized carbons (Fsp3) is 0. The van der Waals surface area contributed by atoms with Crippen LogP contribution in [0, 0.1) is 0 Å². The monoisotopic (exact) mass is 148 g/mol. The molecule has 0 unspecified atom stereocenters. The van der Waals surface area contributed by atoms with Crippen molar-refractivity contribution < 1.29 is 0 Å². The third kappa shape index (κ3) is 1.25. The van der Waals surface area contributed by atoms with Gasteiger partial charge in [-0.1, -0.05) is 47.3 Å². The van der Waals surface area contributed by atoms with E-state index in [1.54, 1.807) is 0 Å². The molecule has 52 valence electrons. The molecular formula is C10H6B2. The average Bonchev–Trinajstić information content (AvgIpc) is 2.05. The summed E-state index contributed by atoms with van der Waals surface area (Å²) in [7, 11) is 11.3. The quantitative estimate of drug-likeness (QED) is 0.475. The summed E-state index contributed by atoms with van der Waals surface area (Å²) in [6.07, 6.45) is 0. The van der Waals surface area contributed by atoms with Crippen LogP contribution in [0.5, 0.6) is 0 Å². The van der Waals surface area contributed by atoms with Crippen LogP contribution in [0.1, 0.15) is 0 Å². The first-order valence-corrected chi connectivity index (χ1v) is 3.80. The lowest BCUT2D eigenvalue weighted by Gasteiger charge is -2.00. The number of hydrogen-bond acceptors (Lipinski definition) is 0. The van der Waals surface area contributed by atoms with Gasteiger partial charge in [-0.15, -0.1) is 0 Å². The molecule has 0 atom stereocenters. The first kappa shape index (κ1) is 7.48. The number of benzene rings is 2. The van der Waals surface area contributed by atoms with E-state index in [0.29, 0.717) is 0 Å². The van der Waals surface area contributed by atoms with Gasteiger partial charge in [0.1, 0.15) is 15.7 Å². The summed E-state index contributed by atoms with van der Waals surface area (Å²) in [6, 6.07) is 11.6. The highest BCUT2D eigenvalue weighted by Crippen LogP contribution is 2.08. The first-order chi connectivity index (χ1) is 5.75. The molecule has 0 saturated heterocycles. The molecule has 0 fully saturated rings. The van der Waals surface area contributed by atoms with Gasteiger partial charge < -0.3 is 0 Å². The molecule has 0 bridgehead atoms. The van der Waals surface area contributed by atoms with Crippen LogP contribution in [-0.2, 0) is 0 Å². The van der Waals surface area contributed by atoms with Gasteiger partial charge >= 0.3 is 0 Å². The molecule has 2 aromatic carbocycles. The van der Waals surface area contributed by atoms with Gasteiger partial charge in [0.05, 0.1) is 0 Å². The Hall–Kier alpha value is -1.17. The molecule has 0 amide bonds. The molecule has 4 radical (unpaired) electrons. The number of rotatable bonds is 0. The Balaban J connectivity index is 2.79. The second-order valence-corrected chi connectivity index (χ2v) is 2.87. The van der Waals surface area contributed by atoms with Crippen LogP contribution in [-0.4, -0.2) is 15.7 Å². The van der Waals surface area contributed by atoms with Crippen molar-refractivity contribution >= 4 is 37.4 Å². The molecular weight excluding hydrogens is 142 g/mol. The van der Waals surface area contributed by atoms with Gasteiger partial charge in [0, 0.05) is 0 Å². The Morgan fingerprint density at radius 3 is 1.50 bits per heavy atom. The number of hydrogen-bond donors (Lipinski definition) is 0. The lowest BCUT2D eigenvalue weighted by molar-refractivity contribution is 1.83. The largest absolute Gasteiger partial charge is 0.113 e. The van der Waals surface area contributed by atoms with Gasteiger partial charge in [0.15, 0.2) is 0 Å². The van der Waals surface area contributed by atoms with Crippen LogP contribution in [0.4, 0.5) is 0 Å². The molecule has 2 rings (SSSR count). The SMILES string of the molecule is [B]c1ccc2cc([B])ccc2c1. The van der Waals surface area contributed by atoms with E-state index in [1.165, 1.54) is 0 Å². The Morgan fingerprint density at radius 2 is 1.08 bits per heavy atom. The predicted octanol–water partition coefficient (Wildman–Crippen LogP) is 0.427. The van der Waals surface area contributed by atoms with E-state index in [1.807, 2.05) is 36.4 Å². The van der Waals surface area contributed by atoms with Crippen LogP contribution in [0.3, 0.4) is 0 Å². The van der Waals surface area contributed by atoms with E-state index < -0.39 is 0 Å². The second-order valence-electron chi connectivity index (χ2n) is 2.87. The third-order valence-corrected chi connectivity index (χ3v) is 1.89. The summed E-state index contributed by atoms with van der Waals surface area (Å²) >= 11 is 0. The van der Waals surface area contributed by atoms with Gasteiger partial charge in [-0.25, -0.2) is 0 Å². The lowest BCUT2D eigenvalue weighted by atomic mass is 9.90. The maximum Gasteiger partial charge on any atom is 0.113 e. The van der Waals surface area contributed by atoms with Gasteiger partial charge in [-0.3, -0.25) is 0 Å². The summed E-state index contributed by atoms with van der Waals surface area (Å²) < 4.78 is 0. The van der Waals surface area contributed by atoms with Crippen molar-refractivity contribution in [3.05, 3.63) is 36.4 Å². The Bertz CT molecular complexity index is 380. The summed E-state index contributed by atoms with van der Waals surface area (Å²) in [5.41, 5.74) is 1.57. The maximum atomic E-state index is 5.63. The lowest BCUT2D eigenvalue weighted by Crippen LogP contribution is -2.03. The maximum absolute atomic E-state index is 5.63. The fourth-order valence-corrected chi connectivity index (χ4v) is 1.28. The van der Waals surface area contributed by atoms with Crippen LogP contribution < -0.4 is 10.9 Å². The van der Waals surface area contributed by atoms with Crippen LogP contribution in [0.15, 0.2) is 36.4 Å². The second kappa shape index (κ2) is 2.71. The van der Waals surface area contributed by atoms with E-state index in [0.717, 1.165) is 21.7 Å². The van der Waals surface area contributed by atoms with Crippen molar-refractivity contribution in [2.75, 3.05) is 0 Å². The summed E-state index contributed by atoms with van der Waals surface area (Å²) in [4.78, 5) is 0. The Kier molecular flexibility index (Phi) is 1.69. The zero-order chi connectivity index (χ0) is 8.55. The highest BCUT2D eigenvalue weighted by molar-refractivity contribution is 6.34. The Morgan fingerprint density at radius 1 is 0.667 bits per heavy atom. The minimum Gasteiger partial charge on any atom is -0.0960 e. The van der Waals surface area contributed by atoms with Gasteiger partial charge in [0.25, 0.3) is 0 Å². The van der Waals surface area contributed by atoms with Crippen LogP contribution in [0.25, 0.3) is 10.8 Å². The molecule has 0 N–H and O–H groups in total. The molecule has 0 aromatic heterocycles.